The van der Waals surface area contributed by atoms with Crippen molar-refractivity contribution in [2.45, 2.75) is 13.0 Å². The van der Waals surface area contributed by atoms with Gasteiger partial charge in [-0.2, -0.15) is 0 Å². The van der Waals surface area contributed by atoms with Crippen LogP contribution in [0, 0.1) is 5.82 Å². The molecule has 2 rings (SSSR count). The highest BCUT2D eigenvalue weighted by Gasteiger charge is 2.17. The number of hydrogen-bond acceptors (Lipinski definition) is 3. The van der Waals surface area contributed by atoms with Crippen LogP contribution in [-0.2, 0) is 0 Å². The van der Waals surface area contributed by atoms with Crippen molar-refractivity contribution in [1.29, 1.82) is 0 Å². The number of ether oxygens (including phenoxy) is 2. The average Bonchev–Trinajstić information content (AvgIpc) is 2.50. The predicted octanol–water partition coefficient (Wildman–Crippen LogP) is 3.54. The molecule has 0 amide bonds. The number of halogens is 1. The molecule has 0 bridgehead atoms. The first kappa shape index (κ1) is 15.3. The third kappa shape index (κ3) is 3.52. The molecular formula is C17H20FNO2. The van der Waals surface area contributed by atoms with E-state index in [1.165, 1.54) is 13.2 Å². The van der Waals surface area contributed by atoms with Gasteiger partial charge in [-0.3, -0.25) is 0 Å². The topological polar surface area (TPSA) is 30.5 Å². The summed E-state index contributed by atoms with van der Waals surface area (Å²) >= 11 is 0. The number of hydrogen-bond donors (Lipinski definition) is 1. The van der Waals surface area contributed by atoms with Crippen LogP contribution in [0.3, 0.4) is 0 Å². The first-order valence-electron chi connectivity index (χ1n) is 6.93. The van der Waals surface area contributed by atoms with Crippen molar-refractivity contribution in [2.24, 2.45) is 0 Å². The molecule has 0 saturated carbocycles. The van der Waals surface area contributed by atoms with Crippen LogP contribution in [0.25, 0.3) is 0 Å². The lowest BCUT2D eigenvalue weighted by Gasteiger charge is -2.19. The zero-order valence-corrected chi connectivity index (χ0v) is 12.5. The van der Waals surface area contributed by atoms with Gasteiger partial charge in [0, 0.05) is 11.6 Å². The monoisotopic (exact) mass is 289 g/mol. The number of rotatable bonds is 6. The van der Waals surface area contributed by atoms with Crippen LogP contribution in [0.2, 0.25) is 0 Å². The Labute approximate surface area is 124 Å². The van der Waals surface area contributed by atoms with E-state index in [1.54, 1.807) is 12.1 Å². The lowest BCUT2D eigenvalue weighted by molar-refractivity contribution is 0.339. The Balaban J connectivity index is 2.37. The minimum absolute atomic E-state index is 0.240. The quantitative estimate of drug-likeness (QED) is 0.882. The maximum atomic E-state index is 14.3. The van der Waals surface area contributed by atoms with Gasteiger partial charge in [0.15, 0.2) is 0 Å². The highest BCUT2D eigenvalue weighted by molar-refractivity contribution is 5.39. The number of nitrogens with one attached hydrogen (secondary N) is 1. The molecule has 0 saturated heterocycles. The van der Waals surface area contributed by atoms with Gasteiger partial charge < -0.3 is 14.8 Å². The lowest BCUT2D eigenvalue weighted by Crippen LogP contribution is -2.19. The van der Waals surface area contributed by atoms with Crippen molar-refractivity contribution in [3.63, 3.8) is 0 Å². The maximum absolute atomic E-state index is 14.3. The SMILES string of the molecule is CCOc1cccc(C(NC)c2ccc(OC)cc2F)c1. The van der Waals surface area contributed by atoms with E-state index < -0.39 is 0 Å². The van der Waals surface area contributed by atoms with Gasteiger partial charge in [0.05, 0.1) is 19.8 Å². The summed E-state index contributed by atoms with van der Waals surface area (Å²) < 4.78 is 24.8. The molecule has 1 atom stereocenters. The van der Waals surface area contributed by atoms with E-state index in [2.05, 4.69) is 5.32 Å². The Morgan fingerprint density at radius 2 is 1.95 bits per heavy atom. The molecule has 0 aliphatic heterocycles. The molecule has 1 unspecified atom stereocenters. The molecule has 1 N–H and O–H groups in total. The number of benzene rings is 2. The fourth-order valence-electron chi connectivity index (χ4n) is 2.32. The second-order valence-corrected chi connectivity index (χ2v) is 4.61. The number of methoxy groups -OCH3 is 1. The van der Waals surface area contributed by atoms with Crippen LogP contribution >= 0.6 is 0 Å². The van der Waals surface area contributed by atoms with Gasteiger partial charge in [0.2, 0.25) is 0 Å². The van der Waals surface area contributed by atoms with Crippen LogP contribution in [0.1, 0.15) is 24.1 Å². The Morgan fingerprint density at radius 3 is 2.57 bits per heavy atom. The van der Waals surface area contributed by atoms with Crippen LogP contribution in [0.5, 0.6) is 11.5 Å². The fraction of sp³-hybridized carbons (Fsp3) is 0.294. The first-order chi connectivity index (χ1) is 10.2. The standard InChI is InChI=1S/C17H20FNO2/c1-4-21-14-7-5-6-12(10-14)17(19-2)15-9-8-13(20-3)11-16(15)18/h5-11,17,19H,4H2,1-3H3. The van der Waals surface area contributed by atoms with Gasteiger partial charge in [0.1, 0.15) is 17.3 Å². The Kier molecular flexibility index (Phi) is 5.17. The minimum Gasteiger partial charge on any atom is -0.497 e. The summed E-state index contributed by atoms with van der Waals surface area (Å²) in [6.45, 7) is 2.54. The van der Waals surface area contributed by atoms with Crippen molar-refractivity contribution in [3.05, 3.63) is 59.4 Å². The van der Waals surface area contributed by atoms with Crippen LogP contribution in [-0.4, -0.2) is 20.8 Å². The lowest BCUT2D eigenvalue weighted by atomic mass is 9.98. The molecule has 0 aliphatic carbocycles. The predicted molar refractivity (Wildman–Crippen MR) is 81.5 cm³/mol. The molecule has 0 heterocycles. The van der Waals surface area contributed by atoms with Gasteiger partial charge in [-0.1, -0.05) is 18.2 Å². The third-order valence-corrected chi connectivity index (χ3v) is 3.31. The van der Waals surface area contributed by atoms with E-state index in [1.807, 2.05) is 38.2 Å². The second kappa shape index (κ2) is 7.09. The summed E-state index contributed by atoms with van der Waals surface area (Å²) in [7, 11) is 3.33. The Hall–Kier alpha value is -2.07. The molecule has 0 aliphatic rings. The molecule has 4 heteroatoms. The van der Waals surface area contributed by atoms with Crippen molar-refractivity contribution >= 4 is 0 Å². The van der Waals surface area contributed by atoms with Gasteiger partial charge in [-0.05, 0) is 37.7 Å². The van der Waals surface area contributed by atoms with E-state index in [4.69, 9.17) is 9.47 Å². The van der Waals surface area contributed by atoms with Crippen LogP contribution in [0.4, 0.5) is 4.39 Å². The highest BCUT2D eigenvalue weighted by Crippen LogP contribution is 2.28. The summed E-state index contributed by atoms with van der Waals surface area (Å²) in [5, 5.41) is 3.15. The van der Waals surface area contributed by atoms with E-state index in [0.29, 0.717) is 17.9 Å². The molecule has 2 aromatic rings. The summed E-state index contributed by atoms with van der Waals surface area (Å²) in [5.74, 6) is 0.994. The van der Waals surface area contributed by atoms with Crippen LogP contribution < -0.4 is 14.8 Å². The van der Waals surface area contributed by atoms with Crippen molar-refractivity contribution in [3.8, 4) is 11.5 Å². The summed E-state index contributed by atoms with van der Waals surface area (Å²) in [4.78, 5) is 0. The average molecular weight is 289 g/mol. The summed E-state index contributed by atoms with van der Waals surface area (Å²) in [6.07, 6.45) is 0. The summed E-state index contributed by atoms with van der Waals surface area (Å²) in [6, 6.07) is 12.3. The minimum atomic E-state index is -0.296. The molecule has 2 aromatic carbocycles. The van der Waals surface area contributed by atoms with Crippen molar-refractivity contribution < 1.29 is 13.9 Å². The van der Waals surface area contributed by atoms with Crippen molar-refractivity contribution in [1.82, 2.24) is 5.32 Å². The Bertz CT molecular complexity index is 601. The van der Waals surface area contributed by atoms with Gasteiger partial charge >= 0.3 is 0 Å². The van der Waals surface area contributed by atoms with E-state index in [0.717, 1.165) is 11.3 Å². The summed E-state index contributed by atoms with van der Waals surface area (Å²) in [5.41, 5.74) is 1.53. The second-order valence-electron chi connectivity index (χ2n) is 4.61. The van der Waals surface area contributed by atoms with E-state index in [9.17, 15) is 4.39 Å². The maximum Gasteiger partial charge on any atom is 0.132 e. The molecule has 0 radical (unpaired) electrons. The van der Waals surface area contributed by atoms with E-state index >= 15 is 0 Å². The molecule has 112 valence electrons. The molecular weight excluding hydrogens is 269 g/mol. The molecule has 0 aromatic heterocycles. The van der Waals surface area contributed by atoms with E-state index in [-0.39, 0.29) is 11.9 Å². The molecule has 0 spiro atoms. The van der Waals surface area contributed by atoms with Gasteiger partial charge in [0.25, 0.3) is 0 Å². The van der Waals surface area contributed by atoms with Gasteiger partial charge in [-0.15, -0.1) is 0 Å². The van der Waals surface area contributed by atoms with Crippen LogP contribution in [0.15, 0.2) is 42.5 Å². The normalized spacial score (nSPS) is 12.0. The molecule has 0 fully saturated rings. The zero-order valence-electron chi connectivity index (χ0n) is 12.5. The smallest absolute Gasteiger partial charge is 0.132 e. The third-order valence-electron chi connectivity index (χ3n) is 3.31. The largest absolute Gasteiger partial charge is 0.497 e. The van der Waals surface area contributed by atoms with Gasteiger partial charge in [-0.25, -0.2) is 4.39 Å². The van der Waals surface area contributed by atoms with Crippen molar-refractivity contribution in [2.75, 3.05) is 20.8 Å². The highest BCUT2D eigenvalue weighted by atomic mass is 19.1. The Morgan fingerprint density at radius 1 is 1.14 bits per heavy atom. The fourth-order valence-corrected chi connectivity index (χ4v) is 2.32. The molecule has 21 heavy (non-hydrogen) atoms. The zero-order chi connectivity index (χ0) is 15.2. The molecule has 3 nitrogen and oxygen atoms in total. The first-order valence-corrected chi connectivity index (χ1v) is 6.93.